The molecule has 0 N–H and O–H groups in total. The minimum atomic E-state index is -0.742. The van der Waals surface area contributed by atoms with Crippen molar-refractivity contribution in [3.8, 4) is 5.75 Å². The molecule has 0 saturated carbocycles. The van der Waals surface area contributed by atoms with Gasteiger partial charge in [0.2, 0.25) is 0 Å². The minimum Gasteiger partial charge on any atom is -0.497 e. The molecule has 3 aromatic carbocycles. The van der Waals surface area contributed by atoms with Gasteiger partial charge in [-0.1, -0.05) is 18.2 Å². The van der Waals surface area contributed by atoms with Crippen LogP contribution in [0.1, 0.15) is 36.6 Å². The number of hydrogen-bond acceptors (Lipinski definition) is 6. The highest BCUT2D eigenvalue weighted by molar-refractivity contribution is 6.21. The molecule has 1 heterocycles. The molecule has 4 rings (SSSR count). The van der Waals surface area contributed by atoms with Crippen molar-refractivity contribution in [2.45, 2.75) is 6.54 Å². The van der Waals surface area contributed by atoms with Gasteiger partial charge in [0, 0.05) is 20.6 Å². The summed E-state index contributed by atoms with van der Waals surface area (Å²) < 4.78 is 10.4. The first kappa shape index (κ1) is 22.0. The Bertz CT molecular complexity index is 1300. The topological polar surface area (TPSA) is 93.2 Å². The third-order valence-electron chi connectivity index (χ3n) is 5.61. The number of imide groups is 1. The lowest BCUT2D eigenvalue weighted by molar-refractivity contribution is -0.133. The molecule has 0 unspecified atom stereocenters. The Balaban J connectivity index is 1.37. The number of carbonyl (C=O) groups is 4. The van der Waals surface area contributed by atoms with Crippen LogP contribution in [0.25, 0.3) is 10.8 Å². The molecule has 3 aromatic rings. The molecule has 8 heteroatoms. The monoisotopic (exact) mass is 446 g/mol. The lowest BCUT2D eigenvalue weighted by atomic mass is 10.1. The average molecular weight is 446 g/mol. The van der Waals surface area contributed by atoms with Crippen LogP contribution in [-0.4, -0.2) is 61.3 Å². The zero-order valence-electron chi connectivity index (χ0n) is 18.5. The Labute approximate surface area is 190 Å². The number of likely N-dealkylation sites (N-methyl/N-ethyl adjacent to an activating group) is 1. The van der Waals surface area contributed by atoms with E-state index in [4.69, 9.17) is 9.47 Å². The maximum Gasteiger partial charge on any atom is 0.338 e. The second-order valence-corrected chi connectivity index (χ2v) is 7.80. The van der Waals surface area contributed by atoms with Gasteiger partial charge in [-0.05, 0) is 52.7 Å². The molecule has 0 atom stereocenters. The predicted molar refractivity (Wildman–Crippen MR) is 120 cm³/mol. The molecule has 0 saturated heterocycles. The van der Waals surface area contributed by atoms with Gasteiger partial charge in [0.1, 0.15) is 5.75 Å². The smallest absolute Gasteiger partial charge is 0.338 e. The number of methoxy groups -OCH3 is 1. The number of fused-ring (bicyclic) bond motifs is 2. The Morgan fingerprint density at radius 1 is 0.909 bits per heavy atom. The van der Waals surface area contributed by atoms with Crippen molar-refractivity contribution in [3.63, 3.8) is 0 Å². The van der Waals surface area contributed by atoms with Crippen LogP contribution in [0.5, 0.6) is 5.75 Å². The molecule has 3 amide bonds. The fraction of sp³-hybridized carbons (Fsp3) is 0.200. The van der Waals surface area contributed by atoms with Crippen LogP contribution in [0.2, 0.25) is 0 Å². The summed E-state index contributed by atoms with van der Waals surface area (Å²) in [5.41, 5.74) is 1.42. The zero-order valence-corrected chi connectivity index (χ0v) is 18.5. The number of amides is 3. The minimum absolute atomic E-state index is 0.102. The highest BCUT2D eigenvalue weighted by atomic mass is 16.5. The van der Waals surface area contributed by atoms with Crippen LogP contribution in [0.15, 0.2) is 54.6 Å². The van der Waals surface area contributed by atoms with E-state index in [0.29, 0.717) is 6.54 Å². The zero-order chi connectivity index (χ0) is 23.7. The second kappa shape index (κ2) is 8.74. The molecule has 33 heavy (non-hydrogen) atoms. The number of carbonyl (C=O) groups excluding carboxylic acids is 4. The van der Waals surface area contributed by atoms with Crippen molar-refractivity contribution in [1.29, 1.82) is 0 Å². The quantitative estimate of drug-likeness (QED) is 0.427. The molecule has 8 nitrogen and oxygen atoms in total. The van der Waals surface area contributed by atoms with E-state index in [0.717, 1.165) is 27.0 Å². The lowest BCUT2D eigenvalue weighted by Gasteiger charge is -2.17. The van der Waals surface area contributed by atoms with Crippen molar-refractivity contribution in [2.24, 2.45) is 0 Å². The number of benzene rings is 3. The average Bonchev–Trinajstić information content (AvgIpc) is 3.05. The molecule has 0 aliphatic carbocycles. The fourth-order valence-electron chi connectivity index (χ4n) is 3.67. The summed E-state index contributed by atoms with van der Waals surface area (Å²) in [6.45, 7) is -0.0931. The number of rotatable bonds is 6. The molecular weight excluding hydrogens is 424 g/mol. The first-order valence-corrected chi connectivity index (χ1v) is 10.2. The maximum atomic E-state index is 12.5. The summed E-state index contributed by atoms with van der Waals surface area (Å²) in [5, 5.41) is 2.05. The standard InChI is InChI=1S/C25H22N2O6/c1-26(13-15-4-5-17-11-19(32-3)8-6-16(17)10-15)22(28)14-33-25(31)18-7-9-20-21(12-18)24(30)27(2)23(20)29/h4-12H,13-14H2,1-3H3. The third-order valence-corrected chi connectivity index (χ3v) is 5.61. The van der Waals surface area contributed by atoms with Gasteiger partial charge >= 0.3 is 5.97 Å². The van der Waals surface area contributed by atoms with E-state index in [1.165, 1.54) is 30.1 Å². The van der Waals surface area contributed by atoms with E-state index < -0.39 is 24.4 Å². The van der Waals surface area contributed by atoms with E-state index in [9.17, 15) is 19.2 Å². The maximum absolute atomic E-state index is 12.5. The number of hydrogen-bond donors (Lipinski definition) is 0. The SMILES string of the molecule is COc1ccc2cc(CN(C)C(=O)COC(=O)c3ccc4c(c3)C(=O)N(C)C4=O)ccc2c1. The highest BCUT2D eigenvalue weighted by Crippen LogP contribution is 2.24. The molecule has 0 fully saturated rings. The van der Waals surface area contributed by atoms with Gasteiger partial charge in [0.25, 0.3) is 17.7 Å². The molecule has 0 spiro atoms. The predicted octanol–water partition coefficient (Wildman–Crippen LogP) is 2.89. The van der Waals surface area contributed by atoms with Gasteiger partial charge in [-0.2, -0.15) is 0 Å². The van der Waals surface area contributed by atoms with Gasteiger partial charge in [-0.25, -0.2) is 4.79 Å². The van der Waals surface area contributed by atoms with Crippen LogP contribution in [0.4, 0.5) is 0 Å². The van der Waals surface area contributed by atoms with Crippen molar-refractivity contribution in [3.05, 3.63) is 76.9 Å². The normalized spacial score (nSPS) is 12.6. The van der Waals surface area contributed by atoms with Crippen LogP contribution in [0, 0.1) is 0 Å². The van der Waals surface area contributed by atoms with Crippen LogP contribution in [-0.2, 0) is 16.1 Å². The summed E-state index contributed by atoms with van der Waals surface area (Å²) in [6, 6.07) is 15.8. The number of nitrogens with zero attached hydrogens (tertiary/aromatic N) is 2. The largest absolute Gasteiger partial charge is 0.497 e. The first-order valence-electron chi connectivity index (χ1n) is 10.2. The van der Waals surface area contributed by atoms with Crippen LogP contribution in [0.3, 0.4) is 0 Å². The van der Waals surface area contributed by atoms with E-state index in [1.54, 1.807) is 14.2 Å². The van der Waals surface area contributed by atoms with Crippen molar-refractivity contribution in [2.75, 3.05) is 27.8 Å². The Kier molecular flexibility index (Phi) is 5.83. The van der Waals surface area contributed by atoms with Crippen molar-refractivity contribution < 1.29 is 28.7 Å². The highest BCUT2D eigenvalue weighted by Gasteiger charge is 2.33. The molecule has 1 aliphatic heterocycles. The summed E-state index contributed by atoms with van der Waals surface area (Å²) >= 11 is 0. The Hall–Kier alpha value is -4.20. The molecule has 1 aliphatic rings. The number of esters is 1. The molecule has 0 radical (unpaired) electrons. The van der Waals surface area contributed by atoms with Gasteiger partial charge in [-0.3, -0.25) is 19.3 Å². The van der Waals surface area contributed by atoms with Crippen molar-refractivity contribution in [1.82, 2.24) is 9.80 Å². The third kappa shape index (κ3) is 4.27. The molecule has 0 bridgehead atoms. The van der Waals surface area contributed by atoms with E-state index in [1.807, 2.05) is 36.4 Å². The molecule has 168 valence electrons. The van der Waals surface area contributed by atoms with Gasteiger partial charge < -0.3 is 14.4 Å². The fourth-order valence-corrected chi connectivity index (χ4v) is 3.67. The van der Waals surface area contributed by atoms with Crippen molar-refractivity contribution >= 4 is 34.5 Å². The van der Waals surface area contributed by atoms with Gasteiger partial charge in [-0.15, -0.1) is 0 Å². The van der Waals surface area contributed by atoms with E-state index >= 15 is 0 Å². The summed E-state index contributed by atoms with van der Waals surface area (Å²) in [5.74, 6) is -1.23. The first-order chi connectivity index (χ1) is 15.8. The Morgan fingerprint density at radius 3 is 2.36 bits per heavy atom. The summed E-state index contributed by atoms with van der Waals surface area (Å²) in [4.78, 5) is 51.4. The lowest BCUT2D eigenvalue weighted by Crippen LogP contribution is -2.30. The van der Waals surface area contributed by atoms with Crippen LogP contribution < -0.4 is 4.74 Å². The van der Waals surface area contributed by atoms with E-state index in [2.05, 4.69) is 0 Å². The van der Waals surface area contributed by atoms with Crippen LogP contribution >= 0.6 is 0 Å². The van der Waals surface area contributed by atoms with Gasteiger partial charge in [0.15, 0.2) is 6.61 Å². The summed E-state index contributed by atoms with van der Waals surface area (Å²) in [6.07, 6.45) is 0. The second-order valence-electron chi connectivity index (χ2n) is 7.80. The van der Waals surface area contributed by atoms with E-state index in [-0.39, 0.29) is 22.6 Å². The number of ether oxygens (including phenoxy) is 2. The van der Waals surface area contributed by atoms with Gasteiger partial charge in [0.05, 0.1) is 23.8 Å². The molecular formula is C25H22N2O6. The summed E-state index contributed by atoms with van der Waals surface area (Å²) in [7, 11) is 4.62. The Morgan fingerprint density at radius 2 is 1.61 bits per heavy atom. The molecule has 0 aromatic heterocycles.